The Morgan fingerprint density at radius 3 is 2.52 bits per heavy atom. The number of piperazine rings is 1. The molecule has 0 amide bonds. The molecule has 1 N–H and O–H groups in total. The number of benzene rings is 1. The summed E-state index contributed by atoms with van der Waals surface area (Å²) in [6.45, 7) is -0.331. The smallest absolute Gasteiger partial charge is 0.480 e. The van der Waals surface area contributed by atoms with Crippen LogP contribution in [0, 0.1) is 0 Å². The predicted molar refractivity (Wildman–Crippen MR) is 106 cm³/mol. The van der Waals surface area contributed by atoms with Gasteiger partial charge in [0.15, 0.2) is 5.65 Å². The number of hydrogen-bond acceptors (Lipinski definition) is 9. The van der Waals surface area contributed by atoms with Crippen molar-refractivity contribution in [1.82, 2.24) is 24.2 Å². The van der Waals surface area contributed by atoms with E-state index in [1.165, 1.54) is 18.7 Å². The van der Waals surface area contributed by atoms with E-state index in [0.717, 1.165) is 28.6 Å². The minimum Gasteiger partial charge on any atom is -0.480 e. The molecule has 15 heteroatoms. The Bertz CT molecular complexity index is 1290. The number of aliphatic carboxylic acids is 1. The molecule has 11 nitrogen and oxygen atoms in total. The van der Waals surface area contributed by atoms with Crippen molar-refractivity contribution >= 4 is 33.0 Å². The molecule has 1 aliphatic rings. The quantitative estimate of drug-likeness (QED) is 0.563. The van der Waals surface area contributed by atoms with Crippen LogP contribution in [-0.4, -0.2) is 75.8 Å². The van der Waals surface area contributed by atoms with Crippen LogP contribution in [0.4, 0.5) is 19.0 Å². The van der Waals surface area contributed by atoms with E-state index in [1.807, 2.05) is 0 Å². The number of anilines is 1. The van der Waals surface area contributed by atoms with E-state index < -0.39 is 34.1 Å². The molecule has 1 aromatic carbocycles. The number of aromatic nitrogens is 4. The van der Waals surface area contributed by atoms with Crippen LogP contribution >= 0.6 is 0 Å². The van der Waals surface area contributed by atoms with Crippen molar-refractivity contribution in [2.45, 2.75) is 17.3 Å². The number of rotatable bonds is 5. The summed E-state index contributed by atoms with van der Waals surface area (Å²) in [6, 6.07) is 2.07. The second-order valence-corrected chi connectivity index (χ2v) is 8.79. The molecule has 1 unspecified atom stereocenters. The van der Waals surface area contributed by atoms with E-state index in [2.05, 4.69) is 24.7 Å². The molecule has 3 aromatic rings. The van der Waals surface area contributed by atoms with Crippen LogP contribution in [0.15, 0.2) is 47.9 Å². The van der Waals surface area contributed by atoms with E-state index in [1.54, 1.807) is 4.90 Å². The molecular formula is C18H15F3N6O5S. The Morgan fingerprint density at radius 1 is 1.12 bits per heavy atom. The van der Waals surface area contributed by atoms with E-state index in [4.69, 9.17) is 0 Å². The Labute approximate surface area is 184 Å². The van der Waals surface area contributed by atoms with Gasteiger partial charge in [0.2, 0.25) is 10.0 Å². The minimum atomic E-state index is -4.93. The average Bonchev–Trinajstić information content (AvgIpc) is 2.77. The number of carbonyl (C=O) groups is 1. The highest BCUT2D eigenvalue weighted by Gasteiger charge is 2.41. The Morgan fingerprint density at radius 2 is 1.85 bits per heavy atom. The second kappa shape index (κ2) is 8.40. The molecule has 0 aliphatic carbocycles. The number of ether oxygens (including phenoxy) is 1. The van der Waals surface area contributed by atoms with Gasteiger partial charge < -0.3 is 14.7 Å². The minimum absolute atomic E-state index is 0.101. The van der Waals surface area contributed by atoms with Gasteiger partial charge in [-0.15, -0.1) is 13.2 Å². The van der Waals surface area contributed by atoms with Crippen LogP contribution in [0.5, 0.6) is 5.75 Å². The van der Waals surface area contributed by atoms with Crippen LogP contribution < -0.4 is 9.64 Å². The summed E-state index contributed by atoms with van der Waals surface area (Å²) < 4.78 is 67.6. The highest BCUT2D eigenvalue weighted by molar-refractivity contribution is 7.89. The van der Waals surface area contributed by atoms with E-state index in [-0.39, 0.29) is 24.5 Å². The molecule has 3 heterocycles. The first-order chi connectivity index (χ1) is 15.5. The predicted octanol–water partition coefficient (Wildman–Crippen LogP) is 1.28. The van der Waals surface area contributed by atoms with E-state index in [0.29, 0.717) is 17.0 Å². The number of fused-ring (bicyclic) bond motifs is 1. The molecule has 4 rings (SSSR count). The van der Waals surface area contributed by atoms with Crippen LogP contribution in [-0.2, 0) is 14.8 Å². The molecule has 0 bridgehead atoms. The third-order valence-corrected chi connectivity index (χ3v) is 6.74. The van der Waals surface area contributed by atoms with Crippen LogP contribution in [0.3, 0.4) is 0 Å². The first-order valence-corrected chi connectivity index (χ1v) is 10.8. The standard InChI is InChI=1S/C18H15F3N6O5S/c19-18(20,21)32-11-1-3-12(4-2-11)33(30,31)27-6-5-26(9-14(27)17(28)29)15-8-23-13-7-22-10-24-16(13)25-15/h1-4,7-8,10,14H,5-6,9H2,(H,28,29). The zero-order chi connectivity index (χ0) is 23.8. The van der Waals surface area contributed by atoms with Gasteiger partial charge in [-0.1, -0.05) is 0 Å². The summed E-state index contributed by atoms with van der Waals surface area (Å²) in [6.07, 6.45) is -0.762. The average molecular weight is 484 g/mol. The topological polar surface area (TPSA) is 139 Å². The maximum atomic E-state index is 13.1. The first kappa shape index (κ1) is 22.6. The van der Waals surface area contributed by atoms with Crippen molar-refractivity contribution in [1.29, 1.82) is 0 Å². The third kappa shape index (κ3) is 4.78. The lowest BCUT2D eigenvalue weighted by Gasteiger charge is -2.38. The molecule has 0 saturated carbocycles. The Kier molecular flexibility index (Phi) is 5.75. The van der Waals surface area contributed by atoms with Gasteiger partial charge in [0.05, 0.1) is 17.3 Å². The lowest BCUT2D eigenvalue weighted by molar-refractivity contribution is -0.274. The second-order valence-electron chi connectivity index (χ2n) is 6.89. The summed E-state index contributed by atoms with van der Waals surface area (Å²) in [5, 5.41) is 9.69. The fraction of sp³-hybridized carbons (Fsp3) is 0.278. The summed E-state index contributed by atoms with van der Waals surface area (Å²) in [4.78, 5) is 29.4. The maximum absolute atomic E-state index is 13.1. The maximum Gasteiger partial charge on any atom is 0.573 e. The zero-order valence-corrected chi connectivity index (χ0v) is 17.4. The molecule has 0 radical (unpaired) electrons. The van der Waals surface area contributed by atoms with Gasteiger partial charge in [-0.05, 0) is 24.3 Å². The van der Waals surface area contributed by atoms with Crippen molar-refractivity contribution in [2.75, 3.05) is 24.5 Å². The molecule has 1 saturated heterocycles. The summed E-state index contributed by atoms with van der Waals surface area (Å²) in [7, 11) is -4.32. The number of halogens is 3. The lowest BCUT2D eigenvalue weighted by atomic mass is 10.2. The number of carboxylic acids is 1. The fourth-order valence-corrected chi connectivity index (χ4v) is 4.89. The largest absolute Gasteiger partial charge is 0.573 e. The molecule has 1 atom stereocenters. The molecule has 33 heavy (non-hydrogen) atoms. The first-order valence-electron chi connectivity index (χ1n) is 9.33. The van der Waals surface area contributed by atoms with Crippen molar-refractivity contribution < 1.29 is 36.2 Å². The summed E-state index contributed by atoms with van der Waals surface area (Å²) in [5.41, 5.74) is 0.737. The Balaban J connectivity index is 1.57. The van der Waals surface area contributed by atoms with Gasteiger partial charge >= 0.3 is 12.3 Å². The van der Waals surface area contributed by atoms with Crippen LogP contribution in [0.1, 0.15) is 0 Å². The van der Waals surface area contributed by atoms with E-state index in [9.17, 15) is 31.5 Å². The molecule has 0 spiro atoms. The highest BCUT2D eigenvalue weighted by Crippen LogP contribution is 2.28. The molecule has 1 aliphatic heterocycles. The molecule has 2 aromatic heterocycles. The van der Waals surface area contributed by atoms with Crippen LogP contribution in [0.2, 0.25) is 0 Å². The van der Waals surface area contributed by atoms with Crippen molar-refractivity contribution in [3.8, 4) is 5.75 Å². The zero-order valence-electron chi connectivity index (χ0n) is 16.5. The lowest BCUT2D eigenvalue weighted by Crippen LogP contribution is -2.58. The van der Waals surface area contributed by atoms with Crippen molar-refractivity contribution in [2.24, 2.45) is 0 Å². The fourth-order valence-electron chi connectivity index (χ4n) is 3.32. The Hall–Kier alpha value is -3.59. The van der Waals surface area contributed by atoms with Crippen molar-refractivity contribution in [3.63, 3.8) is 0 Å². The monoisotopic (exact) mass is 484 g/mol. The normalized spacial score (nSPS) is 17.8. The van der Waals surface area contributed by atoms with Gasteiger partial charge in [0.1, 0.15) is 29.5 Å². The van der Waals surface area contributed by atoms with Crippen LogP contribution in [0.25, 0.3) is 11.2 Å². The van der Waals surface area contributed by atoms with E-state index >= 15 is 0 Å². The van der Waals surface area contributed by atoms with Gasteiger partial charge in [-0.2, -0.15) is 4.31 Å². The van der Waals surface area contributed by atoms with Gasteiger partial charge in [0, 0.05) is 19.6 Å². The number of alkyl halides is 3. The summed E-state index contributed by atoms with van der Waals surface area (Å²) >= 11 is 0. The van der Waals surface area contributed by atoms with Crippen molar-refractivity contribution in [3.05, 3.63) is 43.0 Å². The summed E-state index contributed by atoms with van der Waals surface area (Å²) in [5.74, 6) is -1.67. The van der Waals surface area contributed by atoms with Gasteiger partial charge in [-0.25, -0.2) is 28.4 Å². The number of nitrogens with zero attached hydrogens (tertiary/aromatic N) is 6. The number of carboxylic acid groups (broad SMARTS) is 1. The van der Waals surface area contributed by atoms with Gasteiger partial charge in [0.25, 0.3) is 0 Å². The molecule has 1 fully saturated rings. The van der Waals surface area contributed by atoms with Gasteiger partial charge in [-0.3, -0.25) is 4.79 Å². The molecule has 174 valence electrons. The number of sulfonamides is 1. The third-order valence-electron chi connectivity index (χ3n) is 4.82. The molecular weight excluding hydrogens is 469 g/mol. The highest BCUT2D eigenvalue weighted by atomic mass is 32.2. The number of hydrogen-bond donors (Lipinski definition) is 1. The SMILES string of the molecule is O=C(O)C1CN(c2cnc3cncnc3n2)CCN1S(=O)(=O)c1ccc(OC(F)(F)F)cc1.